The standard InChI is InChI=1S/C12H25NO/c1-11(2,3)13-8-10(14-6)7-12(4,5)9-13/h10H,7-9H2,1-6H3. The zero-order valence-electron chi connectivity index (χ0n) is 10.6. The fourth-order valence-electron chi connectivity index (χ4n) is 2.24. The van der Waals surface area contributed by atoms with E-state index in [0.717, 1.165) is 6.54 Å². The van der Waals surface area contributed by atoms with Crippen molar-refractivity contribution in [1.82, 2.24) is 4.90 Å². The molecule has 0 saturated carbocycles. The highest BCUT2D eigenvalue weighted by Gasteiger charge is 2.36. The van der Waals surface area contributed by atoms with Crippen LogP contribution in [0.15, 0.2) is 0 Å². The summed E-state index contributed by atoms with van der Waals surface area (Å²) in [6.07, 6.45) is 1.58. The molecule has 1 rings (SSSR count). The van der Waals surface area contributed by atoms with Crippen LogP contribution >= 0.6 is 0 Å². The second-order valence-electron chi connectivity index (χ2n) is 6.28. The van der Waals surface area contributed by atoms with Crippen molar-refractivity contribution in [2.45, 2.75) is 52.7 Å². The number of hydrogen-bond acceptors (Lipinski definition) is 2. The monoisotopic (exact) mass is 199 g/mol. The zero-order chi connectivity index (χ0) is 11.0. The van der Waals surface area contributed by atoms with Crippen molar-refractivity contribution in [1.29, 1.82) is 0 Å². The first-order chi connectivity index (χ1) is 6.24. The summed E-state index contributed by atoms with van der Waals surface area (Å²) in [6.45, 7) is 13.7. The van der Waals surface area contributed by atoms with Crippen molar-refractivity contribution in [3.63, 3.8) is 0 Å². The first-order valence-electron chi connectivity index (χ1n) is 5.52. The third-order valence-corrected chi connectivity index (χ3v) is 3.11. The molecule has 0 radical (unpaired) electrons. The molecule has 1 heterocycles. The van der Waals surface area contributed by atoms with Crippen molar-refractivity contribution in [2.24, 2.45) is 5.41 Å². The molecule has 0 spiro atoms. The quantitative estimate of drug-likeness (QED) is 0.643. The number of hydrogen-bond donors (Lipinski definition) is 0. The van der Waals surface area contributed by atoms with Crippen LogP contribution in [0.2, 0.25) is 0 Å². The Hall–Kier alpha value is -0.0800. The van der Waals surface area contributed by atoms with Crippen LogP contribution in [0.3, 0.4) is 0 Å². The first kappa shape index (κ1) is 12.0. The van der Waals surface area contributed by atoms with E-state index in [-0.39, 0.29) is 5.54 Å². The fraction of sp³-hybridized carbons (Fsp3) is 1.00. The van der Waals surface area contributed by atoms with Gasteiger partial charge in [0.2, 0.25) is 0 Å². The van der Waals surface area contributed by atoms with Gasteiger partial charge in [0.1, 0.15) is 0 Å². The Balaban J connectivity index is 2.71. The summed E-state index contributed by atoms with van der Waals surface area (Å²) in [4.78, 5) is 2.53. The third kappa shape index (κ3) is 2.96. The van der Waals surface area contributed by atoms with Crippen molar-refractivity contribution in [3.8, 4) is 0 Å². The number of rotatable bonds is 1. The molecule has 1 aliphatic heterocycles. The number of ether oxygens (including phenoxy) is 1. The lowest BCUT2D eigenvalue weighted by Gasteiger charge is -2.47. The summed E-state index contributed by atoms with van der Waals surface area (Å²) in [6, 6.07) is 0. The molecule has 1 aliphatic rings. The van der Waals surface area contributed by atoms with Crippen LogP contribution in [0.1, 0.15) is 41.0 Å². The van der Waals surface area contributed by atoms with Crippen molar-refractivity contribution in [3.05, 3.63) is 0 Å². The maximum atomic E-state index is 5.51. The van der Waals surface area contributed by atoms with E-state index >= 15 is 0 Å². The summed E-state index contributed by atoms with van der Waals surface area (Å²) in [5, 5.41) is 0. The fourth-order valence-corrected chi connectivity index (χ4v) is 2.24. The Labute approximate surface area is 88.6 Å². The van der Waals surface area contributed by atoms with Gasteiger partial charge in [-0.3, -0.25) is 4.90 Å². The first-order valence-corrected chi connectivity index (χ1v) is 5.52. The molecule has 0 aromatic heterocycles. The highest BCUT2D eigenvalue weighted by molar-refractivity contribution is 4.90. The molecule has 1 saturated heterocycles. The maximum absolute atomic E-state index is 5.51. The lowest BCUT2D eigenvalue weighted by molar-refractivity contribution is -0.0512. The predicted octanol–water partition coefficient (Wildman–Crippen LogP) is 2.53. The number of likely N-dealkylation sites (tertiary alicyclic amines) is 1. The van der Waals surface area contributed by atoms with Gasteiger partial charge in [0, 0.05) is 25.7 Å². The van der Waals surface area contributed by atoms with Crippen LogP contribution in [0, 0.1) is 5.41 Å². The van der Waals surface area contributed by atoms with Crippen LogP contribution in [0.4, 0.5) is 0 Å². The van der Waals surface area contributed by atoms with Crippen LogP contribution in [0.5, 0.6) is 0 Å². The molecule has 0 N–H and O–H groups in total. The van der Waals surface area contributed by atoms with E-state index < -0.39 is 0 Å². The molecule has 1 fully saturated rings. The number of nitrogens with zero attached hydrogens (tertiary/aromatic N) is 1. The molecule has 0 bridgehead atoms. The zero-order valence-corrected chi connectivity index (χ0v) is 10.6. The number of methoxy groups -OCH3 is 1. The molecular formula is C12H25NO. The second-order valence-corrected chi connectivity index (χ2v) is 6.28. The van der Waals surface area contributed by atoms with Gasteiger partial charge in [0.25, 0.3) is 0 Å². The van der Waals surface area contributed by atoms with Gasteiger partial charge >= 0.3 is 0 Å². The van der Waals surface area contributed by atoms with Gasteiger partial charge in [-0.2, -0.15) is 0 Å². The molecule has 0 amide bonds. The topological polar surface area (TPSA) is 12.5 Å². The minimum absolute atomic E-state index is 0.258. The van der Waals surface area contributed by atoms with Gasteiger partial charge in [-0.05, 0) is 32.6 Å². The average Bonchev–Trinajstić information content (AvgIpc) is 1.99. The molecular weight excluding hydrogens is 174 g/mol. The second kappa shape index (κ2) is 3.82. The third-order valence-electron chi connectivity index (χ3n) is 3.11. The van der Waals surface area contributed by atoms with Crippen molar-refractivity contribution >= 4 is 0 Å². The summed E-state index contributed by atoms with van der Waals surface area (Å²) in [5.41, 5.74) is 0.640. The van der Waals surface area contributed by atoms with Gasteiger partial charge in [0.05, 0.1) is 6.10 Å². The molecule has 0 aliphatic carbocycles. The van der Waals surface area contributed by atoms with Gasteiger partial charge < -0.3 is 4.74 Å². The average molecular weight is 199 g/mol. The van der Waals surface area contributed by atoms with E-state index in [1.54, 1.807) is 0 Å². The SMILES string of the molecule is COC1CN(C(C)(C)C)CC(C)(C)C1. The minimum Gasteiger partial charge on any atom is -0.380 e. The molecule has 84 valence electrons. The smallest absolute Gasteiger partial charge is 0.0704 e. The van der Waals surface area contributed by atoms with Gasteiger partial charge in [-0.15, -0.1) is 0 Å². The summed E-state index contributed by atoms with van der Waals surface area (Å²) in [5.74, 6) is 0. The maximum Gasteiger partial charge on any atom is 0.0704 e. The Bertz CT molecular complexity index is 193. The van der Waals surface area contributed by atoms with Gasteiger partial charge in [-0.1, -0.05) is 13.8 Å². The summed E-state index contributed by atoms with van der Waals surface area (Å²) < 4.78 is 5.51. The van der Waals surface area contributed by atoms with E-state index in [1.165, 1.54) is 13.0 Å². The van der Waals surface area contributed by atoms with E-state index in [9.17, 15) is 0 Å². The summed E-state index contributed by atoms with van der Waals surface area (Å²) >= 11 is 0. The van der Waals surface area contributed by atoms with Gasteiger partial charge in [-0.25, -0.2) is 0 Å². The molecule has 1 atom stereocenters. The summed E-state index contributed by atoms with van der Waals surface area (Å²) in [7, 11) is 1.83. The highest BCUT2D eigenvalue weighted by Crippen LogP contribution is 2.33. The van der Waals surface area contributed by atoms with Crippen LogP contribution in [-0.4, -0.2) is 36.7 Å². The van der Waals surface area contributed by atoms with Crippen LogP contribution in [0.25, 0.3) is 0 Å². The van der Waals surface area contributed by atoms with Crippen LogP contribution < -0.4 is 0 Å². The van der Waals surface area contributed by atoms with E-state index in [4.69, 9.17) is 4.74 Å². The van der Waals surface area contributed by atoms with Crippen LogP contribution in [-0.2, 0) is 4.74 Å². The molecule has 14 heavy (non-hydrogen) atoms. The predicted molar refractivity (Wildman–Crippen MR) is 60.5 cm³/mol. The molecule has 2 nitrogen and oxygen atoms in total. The van der Waals surface area contributed by atoms with E-state index in [1.807, 2.05) is 7.11 Å². The molecule has 0 aromatic carbocycles. The molecule has 2 heteroatoms. The van der Waals surface area contributed by atoms with E-state index in [0.29, 0.717) is 11.5 Å². The number of piperidine rings is 1. The van der Waals surface area contributed by atoms with Gasteiger partial charge in [0.15, 0.2) is 0 Å². The molecule has 0 aromatic rings. The Morgan fingerprint density at radius 3 is 2.29 bits per heavy atom. The van der Waals surface area contributed by atoms with E-state index in [2.05, 4.69) is 39.5 Å². The lowest BCUT2D eigenvalue weighted by Crippen LogP contribution is -2.54. The Morgan fingerprint density at radius 2 is 1.86 bits per heavy atom. The Kier molecular flexibility index (Phi) is 3.27. The highest BCUT2D eigenvalue weighted by atomic mass is 16.5. The van der Waals surface area contributed by atoms with Crippen molar-refractivity contribution < 1.29 is 4.74 Å². The minimum atomic E-state index is 0.258. The normalized spacial score (nSPS) is 29.1. The molecule has 1 unspecified atom stereocenters. The largest absolute Gasteiger partial charge is 0.380 e. The van der Waals surface area contributed by atoms with Crippen molar-refractivity contribution in [2.75, 3.05) is 20.2 Å². The Morgan fingerprint density at radius 1 is 1.29 bits per heavy atom. The lowest BCUT2D eigenvalue weighted by atomic mass is 9.81.